The summed E-state index contributed by atoms with van der Waals surface area (Å²) in [5.74, 6) is -0.0165. The molecule has 1 N–H and O–H groups in total. The fraction of sp³-hybridized carbons (Fsp3) is 0.235. The van der Waals surface area contributed by atoms with Gasteiger partial charge in [0.1, 0.15) is 11.1 Å². The van der Waals surface area contributed by atoms with Gasteiger partial charge in [0.2, 0.25) is 5.91 Å². The lowest BCUT2D eigenvalue weighted by Gasteiger charge is -2.13. The molecule has 0 aliphatic carbocycles. The van der Waals surface area contributed by atoms with E-state index in [0.29, 0.717) is 21.6 Å². The average Bonchev–Trinajstić information content (AvgIpc) is 3.13. The molecule has 0 saturated carbocycles. The molecule has 3 aromatic rings. The van der Waals surface area contributed by atoms with Crippen LogP contribution in [0.25, 0.3) is 0 Å². The van der Waals surface area contributed by atoms with Crippen LogP contribution in [-0.2, 0) is 11.3 Å². The number of hydrogen-bond acceptors (Lipinski definition) is 3. The molecule has 1 aromatic carbocycles. The molecule has 0 aliphatic rings. The van der Waals surface area contributed by atoms with Gasteiger partial charge < -0.3 is 5.32 Å². The maximum Gasteiger partial charge on any atom is 0.250 e. The van der Waals surface area contributed by atoms with Gasteiger partial charge in [-0.25, -0.2) is 0 Å². The molecule has 2 aromatic heterocycles. The Labute approximate surface area is 179 Å². The molecule has 3 rings (SSSR count). The Morgan fingerprint density at radius 3 is 2.52 bits per heavy atom. The van der Waals surface area contributed by atoms with Gasteiger partial charge in [-0.05, 0) is 41.9 Å². The summed E-state index contributed by atoms with van der Waals surface area (Å²) in [7, 11) is 0. The summed E-state index contributed by atoms with van der Waals surface area (Å²) in [5, 5.41) is 12.7. The number of nitrogens with zero attached hydrogens (tertiary/aromatic N) is 4. The third-order valence-corrected chi connectivity index (χ3v) is 5.83. The van der Waals surface area contributed by atoms with Crippen LogP contribution in [0.1, 0.15) is 24.2 Å². The number of benzene rings is 1. The van der Waals surface area contributed by atoms with Crippen LogP contribution in [0.3, 0.4) is 0 Å². The molecule has 27 heavy (non-hydrogen) atoms. The van der Waals surface area contributed by atoms with E-state index >= 15 is 0 Å². The minimum absolute atomic E-state index is 0.264. The zero-order valence-electron chi connectivity index (χ0n) is 14.4. The largest absolute Gasteiger partial charge is 0.306 e. The van der Waals surface area contributed by atoms with Gasteiger partial charge in [-0.1, -0.05) is 40.9 Å². The van der Waals surface area contributed by atoms with Crippen molar-refractivity contribution < 1.29 is 4.79 Å². The van der Waals surface area contributed by atoms with Gasteiger partial charge in [-0.3, -0.25) is 14.2 Å². The van der Waals surface area contributed by atoms with Crippen molar-refractivity contribution in [2.24, 2.45) is 0 Å². The summed E-state index contributed by atoms with van der Waals surface area (Å²) in [6.07, 6.45) is 3.26. The lowest BCUT2D eigenvalue weighted by atomic mass is 10.2. The van der Waals surface area contributed by atoms with E-state index in [0.717, 1.165) is 15.7 Å². The van der Waals surface area contributed by atoms with Gasteiger partial charge in [-0.15, -0.1) is 0 Å². The Morgan fingerprint density at radius 2 is 1.93 bits per heavy atom. The molecule has 0 fully saturated rings. The van der Waals surface area contributed by atoms with Crippen molar-refractivity contribution >= 4 is 62.5 Å². The second-order valence-electron chi connectivity index (χ2n) is 5.91. The molecule has 0 bridgehead atoms. The Morgan fingerprint density at radius 1 is 1.26 bits per heavy atom. The van der Waals surface area contributed by atoms with Crippen molar-refractivity contribution in [3.8, 4) is 0 Å². The molecule has 0 radical (unpaired) electrons. The normalized spacial score (nSPS) is 12.2. The van der Waals surface area contributed by atoms with E-state index in [1.807, 2.05) is 6.92 Å². The molecule has 10 heteroatoms. The van der Waals surface area contributed by atoms with Crippen LogP contribution in [-0.4, -0.2) is 25.5 Å². The zero-order chi connectivity index (χ0) is 19.7. The first kappa shape index (κ1) is 20.2. The minimum Gasteiger partial charge on any atom is -0.306 e. The van der Waals surface area contributed by atoms with E-state index in [2.05, 4.69) is 31.4 Å². The van der Waals surface area contributed by atoms with Crippen molar-refractivity contribution in [3.05, 3.63) is 61.4 Å². The predicted octanol–water partition coefficient (Wildman–Crippen LogP) is 5.36. The molecule has 1 amide bonds. The summed E-state index contributed by atoms with van der Waals surface area (Å²) in [6.45, 7) is 3.95. The maximum atomic E-state index is 12.6. The van der Waals surface area contributed by atoms with E-state index in [9.17, 15) is 4.79 Å². The first-order chi connectivity index (χ1) is 12.8. The molecule has 0 aliphatic heterocycles. The predicted molar refractivity (Wildman–Crippen MR) is 111 cm³/mol. The van der Waals surface area contributed by atoms with Gasteiger partial charge in [0.25, 0.3) is 0 Å². The van der Waals surface area contributed by atoms with E-state index in [1.165, 1.54) is 0 Å². The maximum absolute atomic E-state index is 12.6. The Kier molecular flexibility index (Phi) is 6.15. The zero-order valence-corrected chi connectivity index (χ0v) is 18.2. The summed E-state index contributed by atoms with van der Waals surface area (Å²) < 4.78 is 4.03. The van der Waals surface area contributed by atoms with E-state index in [4.69, 9.17) is 34.8 Å². The molecule has 1 atom stereocenters. The lowest BCUT2D eigenvalue weighted by molar-refractivity contribution is -0.119. The van der Waals surface area contributed by atoms with Crippen LogP contribution in [0.4, 0.5) is 5.82 Å². The van der Waals surface area contributed by atoms with Crippen LogP contribution >= 0.6 is 50.7 Å². The van der Waals surface area contributed by atoms with Crippen molar-refractivity contribution in [3.63, 3.8) is 0 Å². The summed E-state index contributed by atoms with van der Waals surface area (Å²) in [4.78, 5) is 12.6. The first-order valence-electron chi connectivity index (χ1n) is 7.94. The van der Waals surface area contributed by atoms with Crippen LogP contribution in [0, 0.1) is 6.92 Å². The Balaban J connectivity index is 1.77. The quantitative estimate of drug-likeness (QED) is 0.523. The summed E-state index contributed by atoms with van der Waals surface area (Å²) in [6, 6.07) is 4.74. The van der Waals surface area contributed by atoms with E-state index in [1.54, 1.807) is 46.9 Å². The highest BCUT2D eigenvalue weighted by Gasteiger charge is 2.21. The minimum atomic E-state index is -0.532. The smallest absolute Gasteiger partial charge is 0.250 e. The third kappa shape index (κ3) is 4.32. The number of anilines is 1. The number of carbonyl (C=O) groups is 1. The number of nitrogens with one attached hydrogen (secondary N) is 1. The second-order valence-corrected chi connectivity index (χ2v) is 7.99. The third-order valence-electron chi connectivity index (χ3n) is 4.07. The standard InChI is InChI=1S/C17H15BrCl3N5O/c1-9-12(18)6-22-26(9)10(2)17(27)23-16-15(21)8-25(24-16)7-11-13(19)4-3-5-14(11)20/h3-6,8,10H,7H2,1-2H3,(H,23,24,27). The highest BCUT2D eigenvalue weighted by atomic mass is 79.9. The van der Waals surface area contributed by atoms with Crippen LogP contribution < -0.4 is 5.32 Å². The molecule has 0 saturated heterocycles. The number of amides is 1. The first-order valence-corrected chi connectivity index (χ1v) is 9.87. The summed E-state index contributed by atoms with van der Waals surface area (Å²) >= 11 is 22.0. The highest BCUT2D eigenvalue weighted by molar-refractivity contribution is 9.10. The number of rotatable bonds is 5. The Hall–Kier alpha value is -1.54. The van der Waals surface area contributed by atoms with Crippen LogP contribution in [0.15, 0.2) is 35.1 Å². The van der Waals surface area contributed by atoms with Crippen molar-refractivity contribution in [2.75, 3.05) is 5.32 Å². The van der Waals surface area contributed by atoms with Gasteiger partial charge >= 0.3 is 0 Å². The van der Waals surface area contributed by atoms with Crippen LogP contribution in [0.2, 0.25) is 15.1 Å². The highest BCUT2D eigenvalue weighted by Crippen LogP contribution is 2.27. The molecular weight excluding hydrogens is 476 g/mol. The SMILES string of the molecule is Cc1c(Br)cnn1C(C)C(=O)Nc1nn(Cc2c(Cl)cccc2Cl)cc1Cl. The van der Waals surface area contributed by atoms with Gasteiger partial charge in [0, 0.05) is 21.8 Å². The van der Waals surface area contributed by atoms with Gasteiger partial charge in [0.15, 0.2) is 5.82 Å². The Bertz CT molecular complexity index is 980. The van der Waals surface area contributed by atoms with Crippen molar-refractivity contribution in [1.82, 2.24) is 19.6 Å². The van der Waals surface area contributed by atoms with Gasteiger partial charge in [0.05, 0.1) is 22.9 Å². The summed E-state index contributed by atoms with van der Waals surface area (Å²) in [5.41, 5.74) is 1.57. The topological polar surface area (TPSA) is 64.7 Å². The molecular formula is C17H15BrCl3N5O. The van der Waals surface area contributed by atoms with Crippen molar-refractivity contribution in [1.29, 1.82) is 0 Å². The lowest BCUT2D eigenvalue weighted by Crippen LogP contribution is -2.25. The number of halogens is 4. The average molecular weight is 492 g/mol. The van der Waals surface area contributed by atoms with E-state index in [-0.39, 0.29) is 11.7 Å². The number of hydrogen-bond donors (Lipinski definition) is 1. The van der Waals surface area contributed by atoms with E-state index < -0.39 is 6.04 Å². The molecule has 6 nitrogen and oxygen atoms in total. The van der Waals surface area contributed by atoms with Gasteiger partial charge in [-0.2, -0.15) is 10.2 Å². The molecule has 142 valence electrons. The molecule has 1 unspecified atom stereocenters. The number of aromatic nitrogens is 4. The monoisotopic (exact) mass is 489 g/mol. The fourth-order valence-electron chi connectivity index (χ4n) is 2.53. The fourth-order valence-corrected chi connectivity index (χ4v) is 3.52. The molecule has 2 heterocycles. The number of carbonyl (C=O) groups excluding carboxylic acids is 1. The van der Waals surface area contributed by atoms with Crippen molar-refractivity contribution in [2.45, 2.75) is 26.4 Å². The second kappa shape index (κ2) is 8.22. The van der Waals surface area contributed by atoms with Crippen LogP contribution in [0.5, 0.6) is 0 Å². The molecule has 0 spiro atoms.